The molecule has 2 aromatic heterocycles. The number of nitrogens with zero attached hydrogens (tertiary/aromatic N) is 3. The van der Waals surface area contributed by atoms with Crippen LogP contribution in [0.1, 0.15) is 22.8 Å². The number of carbonyl (C=O) groups is 1. The molecule has 0 unspecified atom stereocenters. The minimum absolute atomic E-state index is 0.142. The summed E-state index contributed by atoms with van der Waals surface area (Å²) in [7, 11) is 0. The molecule has 1 aliphatic rings. The van der Waals surface area contributed by atoms with Crippen LogP contribution in [0.25, 0.3) is 5.69 Å². The molecule has 122 valence electrons. The number of nitrogens with one attached hydrogen (secondary N) is 1. The van der Waals surface area contributed by atoms with Crippen LogP contribution in [0, 0.1) is 0 Å². The maximum atomic E-state index is 12.4. The second kappa shape index (κ2) is 6.33. The molecule has 24 heavy (non-hydrogen) atoms. The highest BCUT2D eigenvalue weighted by Crippen LogP contribution is 2.20. The smallest absolute Gasteiger partial charge is 0.255 e. The van der Waals surface area contributed by atoms with E-state index in [1.54, 1.807) is 6.20 Å². The Balaban J connectivity index is 1.44. The van der Waals surface area contributed by atoms with E-state index in [4.69, 9.17) is 4.74 Å². The molecule has 1 atom stereocenters. The van der Waals surface area contributed by atoms with E-state index in [9.17, 15) is 4.79 Å². The molecule has 0 spiro atoms. The Hall–Kier alpha value is -2.86. The normalized spacial score (nSPS) is 17.1. The summed E-state index contributed by atoms with van der Waals surface area (Å²) < 4.78 is 9.22. The summed E-state index contributed by atoms with van der Waals surface area (Å²) in [4.78, 5) is 12.4. The molecule has 0 aliphatic carbocycles. The van der Waals surface area contributed by atoms with Gasteiger partial charge in [-0.25, -0.2) is 0 Å². The van der Waals surface area contributed by atoms with E-state index in [0.717, 1.165) is 18.7 Å². The van der Waals surface area contributed by atoms with Crippen molar-refractivity contribution in [2.24, 2.45) is 0 Å². The van der Waals surface area contributed by atoms with Crippen LogP contribution in [0.2, 0.25) is 0 Å². The molecule has 1 N–H and O–H groups in total. The van der Waals surface area contributed by atoms with Crippen molar-refractivity contribution in [1.82, 2.24) is 14.3 Å². The molecule has 4 rings (SSSR count). The number of aromatic nitrogens is 3. The lowest BCUT2D eigenvalue weighted by Gasteiger charge is -2.07. The summed E-state index contributed by atoms with van der Waals surface area (Å²) in [5.74, 6) is -0.142. The first-order chi connectivity index (χ1) is 11.8. The van der Waals surface area contributed by atoms with E-state index in [1.165, 1.54) is 0 Å². The third-order valence-electron chi connectivity index (χ3n) is 4.17. The fourth-order valence-electron chi connectivity index (χ4n) is 2.83. The van der Waals surface area contributed by atoms with Gasteiger partial charge in [0.15, 0.2) is 0 Å². The molecule has 3 heterocycles. The van der Waals surface area contributed by atoms with Crippen molar-refractivity contribution in [2.45, 2.75) is 12.5 Å². The Bertz CT molecular complexity index is 815. The molecule has 1 aliphatic heterocycles. The Labute approximate surface area is 139 Å². The van der Waals surface area contributed by atoms with Crippen molar-refractivity contribution < 1.29 is 9.53 Å². The van der Waals surface area contributed by atoms with Gasteiger partial charge in [0.2, 0.25) is 0 Å². The second-order valence-electron chi connectivity index (χ2n) is 5.82. The third-order valence-corrected chi connectivity index (χ3v) is 4.17. The molecular weight excluding hydrogens is 304 g/mol. The Morgan fingerprint density at radius 3 is 2.71 bits per heavy atom. The zero-order valence-corrected chi connectivity index (χ0v) is 13.1. The van der Waals surface area contributed by atoms with Crippen LogP contribution in [-0.2, 0) is 4.74 Å². The van der Waals surface area contributed by atoms with Gasteiger partial charge in [-0.05, 0) is 42.8 Å². The molecule has 1 aromatic carbocycles. The van der Waals surface area contributed by atoms with Gasteiger partial charge < -0.3 is 14.6 Å². The maximum Gasteiger partial charge on any atom is 0.255 e. The van der Waals surface area contributed by atoms with E-state index < -0.39 is 0 Å². The van der Waals surface area contributed by atoms with Crippen LogP contribution in [0.15, 0.2) is 61.2 Å². The number of benzene rings is 1. The summed E-state index contributed by atoms with van der Waals surface area (Å²) in [6.07, 6.45) is 8.41. The highest BCUT2D eigenvalue weighted by molar-refractivity contribution is 6.04. The lowest BCUT2D eigenvalue weighted by Crippen LogP contribution is -2.12. The Morgan fingerprint density at radius 1 is 1.21 bits per heavy atom. The van der Waals surface area contributed by atoms with E-state index in [1.807, 2.05) is 64.2 Å². The van der Waals surface area contributed by atoms with Gasteiger partial charge in [-0.2, -0.15) is 5.10 Å². The summed E-state index contributed by atoms with van der Waals surface area (Å²) in [5, 5.41) is 7.20. The van der Waals surface area contributed by atoms with Crippen LogP contribution in [0.4, 0.5) is 5.69 Å². The lowest BCUT2D eigenvalue weighted by atomic mass is 10.2. The molecule has 1 amide bonds. The first-order valence-electron chi connectivity index (χ1n) is 7.96. The maximum absolute atomic E-state index is 12.4. The number of ether oxygens (including phenoxy) is 1. The summed E-state index contributed by atoms with van der Waals surface area (Å²) >= 11 is 0. The quantitative estimate of drug-likeness (QED) is 0.803. The van der Waals surface area contributed by atoms with Gasteiger partial charge in [-0.3, -0.25) is 9.48 Å². The van der Waals surface area contributed by atoms with Gasteiger partial charge in [-0.15, -0.1) is 0 Å². The number of amides is 1. The molecule has 3 aromatic rings. The second-order valence-corrected chi connectivity index (χ2v) is 5.82. The van der Waals surface area contributed by atoms with Crippen LogP contribution >= 0.6 is 0 Å². The van der Waals surface area contributed by atoms with Crippen LogP contribution in [-0.4, -0.2) is 33.5 Å². The summed E-state index contributed by atoms with van der Waals surface area (Å²) in [6, 6.07) is 11.7. The molecular formula is C18H18N4O2. The Morgan fingerprint density at radius 2 is 2.00 bits per heavy atom. The van der Waals surface area contributed by atoms with Crippen LogP contribution in [0.3, 0.4) is 0 Å². The molecule has 1 fully saturated rings. The zero-order valence-electron chi connectivity index (χ0n) is 13.1. The first-order valence-corrected chi connectivity index (χ1v) is 7.96. The van der Waals surface area contributed by atoms with Gasteiger partial charge in [-0.1, -0.05) is 0 Å². The minimum Gasteiger partial charge on any atom is -0.379 e. The van der Waals surface area contributed by atoms with Crippen molar-refractivity contribution >= 4 is 11.6 Å². The highest BCUT2D eigenvalue weighted by atomic mass is 16.5. The van der Waals surface area contributed by atoms with Crippen molar-refractivity contribution in [1.29, 1.82) is 0 Å². The fraction of sp³-hybridized carbons (Fsp3) is 0.222. The van der Waals surface area contributed by atoms with Gasteiger partial charge in [0.25, 0.3) is 5.91 Å². The first kappa shape index (κ1) is 14.7. The Kier molecular flexibility index (Phi) is 3.88. The van der Waals surface area contributed by atoms with Crippen LogP contribution < -0.4 is 5.32 Å². The molecule has 1 saturated heterocycles. The molecule has 6 heteroatoms. The van der Waals surface area contributed by atoms with Gasteiger partial charge in [0.1, 0.15) is 0 Å². The monoisotopic (exact) mass is 322 g/mol. The molecule has 0 saturated carbocycles. The largest absolute Gasteiger partial charge is 0.379 e. The average molecular weight is 322 g/mol. The molecule has 0 radical (unpaired) electrons. The molecule has 0 bridgehead atoms. The summed E-state index contributed by atoms with van der Waals surface area (Å²) in [6.45, 7) is 1.44. The minimum atomic E-state index is -0.142. The lowest BCUT2D eigenvalue weighted by molar-refractivity contribution is 0.102. The third kappa shape index (κ3) is 2.96. The van der Waals surface area contributed by atoms with Crippen LogP contribution in [0.5, 0.6) is 0 Å². The van der Waals surface area contributed by atoms with E-state index >= 15 is 0 Å². The van der Waals surface area contributed by atoms with E-state index in [-0.39, 0.29) is 11.9 Å². The van der Waals surface area contributed by atoms with Gasteiger partial charge in [0, 0.05) is 36.4 Å². The number of carbonyl (C=O) groups excluding carboxylic acids is 1. The number of anilines is 1. The topological polar surface area (TPSA) is 61.1 Å². The SMILES string of the molecule is O=C(Nc1cnn([C@H]2CCOC2)c1)c1ccc(-n2cccc2)cc1. The summed E-state index contributed by atoms with van der Waals surface area (Å²) in [5.41, 5.74) is 2.33. The van der Waals surface area contributed by atoms with Gasteiger partial charge >= 0.3 is 0 Å². The van der Waals surface area contributed by atoms with Crippen molar-refractivity contribution in [3.8, 4) is 5.69 Å². The number of hydrogen-bond donors (Lipinski definition) is 1. The van der Waals surface area contributed by atoms with E-state index in [2.05, 4.69) is 10.4 Å². The van der Waals surface area contributed by atoms with Crippen molar-refractivity contribution in [3.63, 3.8) is 0 Å². The van der Waals surface area contributed by atoms with Crippen molar-refractivity contribution in [3.05, 3.63) is 66.7 Å². The number of hydrogen-bond acceptors (Lipinski definition) is 3. The standard InChI is InChI=1S/C18H18N4O2/c23-18(14-3-5-16(6-4-14)21-8-1-2-9-21)20-15-11-19-22(12-15)17-7-10-24-13-17/h1-6,8-9,11-12,17H,7,10,13H2,(H,20,23)/t17-/m0/s1. The van der Waals surface area contributed by atoms with Crippen molar-refractivity contribution in [2.75, 3.05) is 18.5 Å². The van der Waals surface area contributed by atoms with E-state index in [0.29, 0.717) is 17.9 Å². The fourth-order valence-corrected chi connectivity index (χ4v) is 2.83. The number of rotatable bonds is 4. The highest BCUT2D eigenvalue weighted by Gasteiger charge is 2.18. The predicted molar refractivity (Wildman–Crippen MR) is 90.4 cm³/mol. The molecule has 6 nitrogen and oxygen atoms in total. The van der Waals surface area contributed by atoms with Gasteiger partial charge in [0.05, 0.1) is 24.5 Å². The average Bonchev–Trinajstić information content (AvgIpc) is 3.36. The predicted octanol–water partition coefficient (Wildman–Crippen LogP) is 2.89. The zero-order chi connectivity index (χ0) is 16.4.